The van der Waals surface area contributed by atoms with Crippen molar-refractivity contribution in [3.8, 4) is 0 Å². The first-order chi connectivity index (χ1) is 8.86. The van der Waals surface area contributed by atoms with Crippen molar-refractivity contribution in [3.63, 3.8) is 0 Å². The molecule has 3 nitrogen and oxygen atoms in total. The Bertz CT molecular complexity index is 455. The summed E-state index contributed by atoms with van der Waals surface area (Å²) in [5.41, 5.74) is -0.962. The maximum absolute atomic E-state index is 12.7. The molecule has 0 unspecified atom stereocenters. The summed E-state index contributed by atoms with van der Waals surface area (Å²) in [6.45, 7) is 1.08. The van der Waals surface area contributed by atoms with Crippen LogP contribution in [0.4, 0.5) is 18.9 Å². The molecule has 0 amide bonds. The third-order valence-electron chi connectivity index (χ3n) is 3.09. The summed E-state index contributed by atoms with van der Waals surface area (Å²) >= 11 is 5.53. The van der Waals surface area contributed by atoms with Crippen LogP contribution in [-0.4, -0.2) is 31.5 Å². The van der Waals surface area contributed by atoms with Gasteiger partial charge in [-0.05, 0) is 18.2 Å². The molecule has 0 spiro atoms. The van der Waals surface area contributed by atoms with E-state index in [1.807, 2.05) is 0 Å². The Balaban J connectivity index is 2.09. The first kappa shape index (κ1) is 14.4. The number of aliphatic hydroxyl groups excluding tert-OH is 1. The molecule has 106 valence electrons. The SMILES string of the molecule is OCC1(CNc2ccc(Cl)c(C(F)(F)F)c2)COC1. The molecule has 7 heteroatoms. The predicted molar refractivity (Wildman–Crippen MR) is 65.3 cm³/mol. The lowest BCUT2D eigenvalue weighted by molar-refractivity contribution is -0.137. The van der Waals surface area contributed by atoms with Crippen LogP contribution >= 0.6 is 11.6 Å². The molecule has 2 N–H and O–H groups in total. The number of alkyl halides is 3. The number of hydrogen-bond acceptors (Lipinski definition) is 3. The molecule has 1 saturated heterocycles. The Morgan fingerprint density at radius 3 is 2.53 bits per heavy atom. The molecule has 1 fully saturated rings. The van der Waals surface area contributed by atoms with E-state index in [-0.39, 0.29) is 11.6 Å². The van der Waals surface area contributed by atoms with Gasteiger partial charge in [-0.15, -0.1) is 0 Å². The van der Waals surface area contributed by atoms with Gasteiger partial charge in [0.15, 0.2) is 0 Å². The van der Waals surface area contributed by atoms with Crippen molar-refractivity contribution in [1.82, 2.24) is 0 Å². The molecule has 2 rings (SSSR count). The van der Waals surface area contributed by atoms with Gasteiger partial charge in [0.2, 0.25) is 0 Å². The Hall–Kier alpha value is -0.980. The highest BCUT2D eigenvalue weighted by Gasteiger charge is 2.38. The highest BCUT2D eigenvalue weighted by atomic mass is 35.5. The second kappa shape index (κ2) is 5.19. The van der Waals surface area contributed by atoms with Gasteiger partial charge in [-0.3, -0.25) is 0 Å². The van der Waals surface area contributed by atoms with Gasteiger partial charge in [-0.1, -0.05) is 11.6 Å². The van der Waals surface area contributed by atoms with E-state index in [0.29, 0.717) is 25.4 Å². The van der Waals surface area contributed by atoms with Crippen molar-refractivity contribution < 1.29 is 23.0 Å². The zero-order chi connectivity index (χ0) is 14.1. The van der Waals surface area contributed by atoms with Crippen molar-refractivity contribution in [3.05, 3.63) is 28.8 Å². The number of halogens is 4. The minimum atomic E-state index is -4.48. The van der Waals surface area contributed by atoms with E-state index < -0.39 is 17.2 Å². The maximum Gasteiger partial charge on any atom is 0.417 e. The van der Waals surface area contributed by atoms with E-state index in [9.17, 15) is 18.3 Å². The van der Waals surface area contributed by atoms with Crippen LogP contribution in [0.1, 0.15) is 5.56 Å². The maximum atomic E-state index is 12.7. The normalized spacial score (nSPS) is 17.9. The summed E-state index contributed by atoms with van der Waals surface area (Å²) < 4.78 is 43.0. The van der Waals surface area contributed by atoms with E-state index in [1.54, 1.807) is 0 Å². The van der Waals surface area contributed by atoms with E-state index in [1.165, 1.54) is 12.1 Å². The van der Waals surface area contributed by atoms with Crippen molar-refractivity contribution in [2.75, 3.05) is 31.7 Å². The van der Waals surface area contributed by atoms with Crippen molar-refractivity contribution in [2.24, 2.45) is 5.41 Å². The molecule has 0 aromatic heterocycles. The predicted octanol–water partition coefficient (Wildman–Crippen LogP) is 2.78. The average Bonchev–Trinajstić information content (AvgIpc) is 2.28. The molecular weight excluding hydrogens is 283 g/mol. The standard InChI is InChI=1S/C12H13ClF3NO2/c13-10-2-1-8(3-9(10)12(14,15)16)17-4-11(5-18)6-19-7-11/h1-3,17-18H,4-7H2. The van der Waals surface area contributed by atoms with Gasteiger partial charge in [-0.2, -0.15) is 13.2 Å². The van der Waals surface area contributed by atoms with E-state index in [0.717, 1.165) is 6.07 Å². The Kier molecular flexibility index (Phi) is 3.94. The van der Waals surface area contributed by atoms with Gasteiger partial charge < -0.3 is 15.2 Å². The summed E-state index contributed by atoms with van der Waals surface area (Å²) in [7, 11) is 0. The second-order valence-electron chi connectivity index (χ2n) is 4.70. The number of anilines is 1. The average molecular weight is 296 g/mol. The van der Waals surface area contributed by atoms with Crippen LogP contribution < -0.4 is 5.32 Å². The molecule has 0 aliphatic carbocycles. The van der Waals surface area contributed by atoms with Crippen LogP contribution in [0.2, 0.25) is 5.02 Å². The zero-order valence-electron chi connectivity index (χ0n) is 9.93. The van der Waals surface area contributed by atoms with Crippen molar-refractivity contribution >= 4 is 17.3 Å². The summed E-state index contributed by atoms with van der Waals surface area (Å²) in [6, 6.07) is 3.64. The smallest absolute Gasteiger partial charge is 0.396 e. The molecule has 1 heterocycles. The monoisotopic (exact) mass is 295 g/mol. The second-order valence-corrected chi connectivity index (χ2v) is 5.10. The van der Waals surface area contributed by atoms with Crippen LogP contribution in [0.3, 0.4) is 0 Å². The minimum absolute atomic E-state index is 0.0697. The molecule has 1 aromatic rings. The Labute approximate surface area is 113 Å². The molecule has 0 atom stereocenters. The van der Waals surface area contributed by atoms with Gasteiger partial charge >= 0.3 is 6.18 Å². The number of hydrogen-bond donors (Lipinski definition) is 2. The van der Waals surface area contributed by atoms with Crippen LogP contribution in [-0.2, 0) is 10.9 Å². The minimum Gasteiger partial charge on any atom is -0.396 e. The third-order valence-corrected chi connectivity index (χ3v) is 3.42. The van der Waals surface area contributed by atoms with Crippen LogP contribution in [0.15, 0.2) is 18.2 Å². The van der Waals surface area contributed by atoms with Gasteiger partial charge in [0.25, 0.3) is 0 Å². The molecule has 1 aromatic carbocycles. The van der Waals surface area contributed by atoms with Crippen LogP contribution in [0, 0.1) is 5.41 Å². The fraction of sp³-hybridized carbons (Fsp3) is 0.500. The largest absolute Gasteiger partial charge is 0.417 e. The highest BCUT2D eigenvalue weighted by molar-refractivity contribution is 6.31. The summed E-state index contributed by atoms with van der Waals surface area (Å²) in [4.78, 5) is 0. The number of aliphatic hydroxyl groups is 1. The van der Waals surface area contributed by atoms with Crippen molar-refractivity contribution in [2.45, 2.75) is 6.18 Å². The number of ether oxygens (including phenoxy) is 1. The Morgan fingerprint density at radius 1 is 1.37 bits per heavy atom. The van der Waals surface area contributed by atoms with E-state index in [4.69, 9.17) is 16.3 Å². The molecule has 1 aliphatic heterocycles. The van der Waals surface area contributed by atoms with Gasteiger partial charge in [0, 0.05) is 12.2 Å². The topological polar surface area (TPSA) is 41.5 Å². The summed E-state index contributed by atoms with van der Waals surface area (Å²) in [5, 5.41) is 11.8. The first-order valence-corrected chi connectivity index (χ1v) is 6.03. The molecule has 0 radical (unpaired) electrons. The van der Waals surface area contributed by atoms with Gasteiger partial charge in [-0.25, -0.2) is 0 Å². The molecule has 1 aliphatic rings. The van der Waals surface area contributed by atoms with Crippen molar-refractivity contribution in [1.29, 1.82) is 0 Å². The lowest BCUT2D eigenvalue weighted by Crippen LogP contribution is -2.50. The molecule has 19 heavy (non-hydrogen) atoms. The number of benzene rings is 1. The lowest BCUT2D eigenvalue weighted by Gasteiger charge is -2.40. The number of nitrogens with one attached hydrogen (secondary N) is 1. The molecule has 0 saturated carbocycles. The van der Waals surface area contributed by atoms with Crippen LogP contribution in [0.5, 0.6) is 0 Å². The van der Waals surface area contributed by atoms with Gasteiger partial charge in [0.05, 0.1) is 35.8 Å². The molecular formula is C12H13ClF3NO2. The Morgan fingerprint density at radius 2 is 2.05 bits per heavy atom. The zero-order valence-corrected chi connectivity index (χ0v) is 10.7. The quantitative estimate of drug-likeness (QED) is 0.897. The summed E-state index contributed by atoms with van der Waals surface area (Å²) in [5.74, 6) is 0. The fourth-order valence-corrected chi connectivity index (χ4v) is 2.01. The summed E-state index contributed by atoms with van der Waals surface area (Å²) in [6.07, 6.45) is -4.48. The van der Waals surface area contributed by atoms with Gasteiger partial charge in [0.1, 0.15) is 0 Å². The van der Waals surface area contributed by atoms with E-state index >= 15 is 0 Å². The third kappa shape index (κ3) is 3.13. The van der Waals surface area contributed by atoms with Crippen LogP contribution in [0.25, 0.3) is 0 Å². The lowest BCUT2D eigenvalue weighted by atomic mass is 9.87. The highest BCUT2D eigenvalue weighted by Crippen LogP contribution is 2.36. The fourth-order valence-electron chi connectivity index (χ4n) is 1.78. The van der Waals surface area contributed by atoms with E-state index in [2.05, 4.69) is 5.32 Å². The number of rotatable bonds is 4. The molecule has 0 bridgehead atoms. The first-order valence-electron chi connectivity index (χ1n) is 5.66.